The number of hydrogen-bond acceptors (Lipinski definition) is 4. The molecule has 2 heterocycles. The average molecular weight is 381 g/mol. The summed E-state index contributed by atoms with van der Waals surface area (Å²) >= 11 is 0. The summed E-state index contributed by atoms with van der Waals surface area (Å²) in [4.78, 5) is 24.5. The van der Waals surface area contributed by atoms with Crippen molar-refractivity contribution in [3.8, 4) is 0 Å². The number of nitrogens with zero attached hydrogens (tertiary/aromatic N) is 2. The van der Waals surface area contributed by atoms with E-state index in [1.807, 2.05) is 55.4 Å². The molecule has 27 heavy (non-hydrogen) atoms. The van der Waals surface area contributed by atoms with Gasteiger partial charge in [-0.05, 0) is 25.7 Å². The maximum absolute atomic E-state index is 12.3. The van der Waals surface area contributed by atoms with Gasteiger partial charge in [-0.3, -0.25) is 9.59 Å². The molecule has 0 spiro atoms. The lowest BCUT2D eigenvalue weighted by Crippen LogP contribution is -2.45. The Morgan fingerprint density at radius 2 is 0.926 bits per heavy atom. The Labute approximate surface area is 164 Å². The van der Waals surface area contributed by atoms with Crippen LogP contribution in [-0.2, 0) is 19.1 Å². The molecule has 0 N–H and O–H groups in total. The molecule has 0 bridgehead atoms. The van der Waals surface area contributed by atoms with Crippen molar-refractivity contribution in [2.75, 3.05) is 0 Å². The van der Waals surface area contributed by atoms with Crippen LogP contribution in [0.2, 0.25) is 0 Å². The Bertz CT molecular complexity index is 499. The molecule has 2 saturated heterocycles. The third-order valence-electron chi connectivity index (χ3n) is 5.00. The van der Waals surface area contributed by atoms with E-state index in [1.165, 1.54) is 0 Å². The van der Waals surface area contributed by atoms with Crippen molar-refractivity contribution in [1.82, 2.24) is 0 Å². The number of carbonyl (C=O) groups excluding carboxylic acids is 2. The zero-order chi connectivity index (χ0) is 20.7. The van der Waals surface area contributed by atoms with Crippen LogP contribution < -0.4 is 0 Å². The number of carbonyl (C=O) groups is 2. The summed E-state index contributed by atoms with van der Waals surface area (Å²) in [6, 6.07) is 0. The molecule has 2 aliphatic heterocycles. The highest BCUT2D eigenvalue weighted by molar-refractivity contribution is 5.91. The van der Waals surface area contributed by atoms with E-state index >= 15 is 0 Å². The van der Waals surface area contributed by atoms with Crippen LogP contribution in [0.1, 0.15) is 87.5 Å². The first-order chi connectivity index (χ1) is 12.1. The molecule has 6 nitrogen and oxygen atoms in total. The molecule has 2 rings (SSSR count). The van der Waals surface area contributed by atoms with Crippen LogP contribution in [0.4, 0.5) is 0 Å². The number of hydrogen-bond donors (Lipinski definition) is 0. The predicted octanol–water partition coefficient (Wildman–Crippen LogP) is 4.65. The number of esters is 2. The van der Waals surface area contributed by atoms with Gasteiger partial charge in [-0.15, -0.1) is 22.2 Å². The van der Waals surface area contributed by atoms with Gasteiger partial charge in [0.05, 0.1) is 12.2 Å². The van der Waals surface area contributed by atoms with Crippen molar-refractivity contribution in [2.24, 2.45) is 0 Å². The fourth-order valence-electron chi connectivity index (χ4n) is 4.93. The van der Waals surface area contributed by atoms with Gasteiger partial charge < -0.3 is 20.1 Å². The molecule has 0 amide bonds. The van der Waals surface area contributed by atoms with Crippen molar-refractivity contribution in [3.63, 3.8) is 0 Å². The largest absolute Gasteiger partial charge is 0.652 e. The summed E-state index contributed by atoms with van der Waals surface area (Å²) in [5.41, 5.74) is -0.960. The van der Waals surface area contributed by atoms with E-state index in [0.29, 0.717) is 25.7 Å². The molecule has 0 aromatic carbocycles. The molecule has 0 radical (unpaired) electrons. The van der Waals surface area contributed by atoms with Gasteiger partial charge in [0.25, 0.3) is 0 Å². The fourth-order valence-corrected chi connectivity index (χ4v) is 4.93. The molecule has 0 atom stereocenters. The molecule has 2 aliphatic rings. The molecular weight excluding hydrogens is 344 g/mol. The van der Waals surface area contributed by atoms with Crippen LogP contribution in [0.3, 0.4) is 0 Å². The minimum Gasteiger partial charge on any atom is -0.652 e. The first-order valence-corrected chi connectivity index (χ1v) is 9.94. The van der Waals surface area contributed by atoms with E-state index in [0.717, 1.165) is 0 Å². The summed E-state index contributed by atoms with van der Waals surface area (Å²) in [5.74, 6) is -1.03. The van der Waals surface area contributed by atoms with Crippen molar-refractivity contribution >= 4 is 11.9 Å². The van der Waals surface area contributed by atoms with Gasteiger partial charge in [0, 0.05) is 0 Å². The van der Waals surface area contributed by atoms with Gasteiger partial charge in [-0.25, -0.2) is 0 Å². The van der Waals surface area contributed by atoms with Crippen molar-refractivity contribution in [3.05, 3.63) is 10.6 Å². The Hall–Kier alpha value is -1.14. The molecular formula is C21H36N2O4-2. The highest BCUT2D eigenvalue weighted by atomic mass is 16.6. The van der Waals surface area contributed by atoms with E-state index in [4.69, 9.17) is 20.1 Å². The molecule has 0 aliphatic carbocycles. The second kappa shape index (κ2) is 7.36. The highest BCUT2D eigenvalue weighted by Crippen LogP contribution is 2.42. The van der Waals surface area contributed by atoms with E-state index < -0.39 is 11.9 Å². The van der Waals surface area contributed by atoms with E-state index in [1.54, 1.807) is 0 Å². The van der Waals surface area contributed by atoms with Gasteiger partial charge in [0.2, 0.25) is 0 Å². The van der Waals surface area contributed by atoms with Crippen LogP contribution >= 0.6 is 0 Å². The maximum Gasteiger partial charge on any atom is 0.317 e. The molecule has 2 fully saturated rings. The first-order valence-electron chi connectivity index (χ1n) is 9.94. The van der Waals surface area contributed by atoms with E-state index in [2.05, 4.69) is 0 Å². The summed E-state index contributed by atoms with van der Waals surface area (Å²) in [7, 11) is 0. The molecule has 0 saturated carbocycles. The second-order valence-electron chi connectivity index (χ2n) is 10.7. The van der Waals surface area contributed by atoms with Gasteiger partial charge in [-0.2, -0.15) is 0 Å². The van der Waals surface area contributed by atoms with Gasteiger partial charge in [0.15, 0.2) is 0 Å². The standard InChI is InChI=1S/C21H36N2O4/c1-18(2)10-14(11-19(3,4)22-18)26-16(24)9-17(25)27-15-12-20(5,6)23-21(7,8)13-15/h14-15H,9-13H2,1-8H3/q-2. The lowest BCUT2D eigenvalue weighted by atomic mass is 9.81. The van der Waals surface area contributed by atoms with Crippen molar-refractivity contribution in [1.29, 1.82) is 0 Å². The SMILES string of the molecule is CC1(C)CC(OC(=O)CC(=O)OC2CC(C)(C)[N-]C(C)(C)C2)CC(C)(C)[N-]1. The molecule has 156 valence electrons. The minimum atomic E-state index is -0.516. The Balaban J connectivity index is 1.86. The Kier molecular flexibility index (Phi) is 6.04. The number of rotatable bonds is 4. The predicted molar refractivity (Wildman–Crippen MR) is 106 cm³/mol. The summed E-state index contributed by atoms with van der Waals surface area (Å²) in [6.07, 6.45) is 1.89. The van der Waals surface area contributed by atoms with Gasteiger partial charge >= 0.3 is 11.9 Å². The highest BCUT2D eigenvalue weighted by Gasteiger charge is 2.33. The molecule has 6 heteroatoms. The summed E-state index contributed by atoms with van der Waals surface area (Å²) < 4.78 is 11.2. The zero-order valence-corrected chi connectivity index (χ0v) is 18.2. The second-order valence-corrected chi connectivity index (χ2v) is 10.7. The normalized spacial score (nSPS) is 27.0. The average Bonchev–Trinajstić information content (AvgIpc) is 2.28. The van der Waals surface area contributed by atoms with Crippen LogP contribution in [0.25, 0.3) is 10.6 Å². The lowest BCUT2D eigenvalue weighted by Gasteiger charge is -2.58. The van der Waals surface area contributed by atoms with Crippen molar-refractivity contribution < 1.29 is 19.1 Å². The van der Waals surface area contributed by atoms with Crippen LogP contribution in [0.5, 0.6) is 0 Å². The Morgan fingerprint density at radius 3 is 1.19 bits per heavy atom. The number of piperidine rings is 2. The summed E-state index contributed by atoms with van der Waals surface area (Å²) in [5, 5.41) is 9.56. The molecule has 0 aromatic heterocycles. The smallest absolute Gasteiger partial charge is 0.317 e. The maximum atomic E-state index is 12.3. The lowest BCUT2D eigenvalue weighted by molar-refractivity contribution is -0.162. The quantitative estimate of drug-likeness (QED) is 0.525. The van der Waals surface area contributed by atoms with Crippen molar-refractivity contribution in [2.45, 2.75) is 122 Å². The summed E-state index contributed by atoms with van der Waals surface area (Å²) in [6.45, 7) is 16.3. The zero-order valence-electron chi connectivity index (χ0n) is 18.2. The third-order valence-corrected chi connectivity index (χ3v) is 5.00. The first kappa shape index (κ1) is 22.2. The van der Waals surface area contributed by atoms with E-state index in [9.17, 15) is 9.59 Å². The van der Waals surface area contributed by atoms with Gasteiger partial charge in [-0.1, -0.05) is 55.4 Å². The van der Waals surface area contributed by atoms with Crippen LogP contribution in [0, 0.1) is 0 Å². The van der Waals surface area contributed by atoms with Crippen LogP contribution in [-0.4, -0.2) is 46.3 Å². The van der Waals surface area contributed by atoms with Crippen LogP contribution in [0.15, 0.2) is 0 Å². The third kappa shape index (κ3) is 7.07. The fraction of sp³-hybridized carbons (Fsp3) is 0.905. The topological polar surface area (TPSA) is 80.8 Å². The van der Waals surface area contributed by atoms with Gasteiger partial charge in [0.1, 0.15) is 6.42 Å². The Morgan fingerprint density at radius 1 is 0.667 bits per heavy atom. The van der Waals surface area contributed by atoms with E-state index in [-0.39, 0.29) is 40.8 Å². The monoisotopic (exact) mass is 380 g/mol. The molecule has 0 aromatic rings. The molecule has 0 unspecified atom stereocenters. The minimum absolute atomic E-state index is 0.223. The number of ether oxygens (including phenoxy) is 2.